The minimum Gasteiger partial charge on any atom is -0.368 e. The fourth-order valence-corrected chi connectivity index (χ4v) is 2.79. The topological polar surface area (TPSA) is 55.6 Å². The molecule has 4 nitrogen and oxygen atoms in total. The molecular weight excluding hydrogens is 204 g/mol. The van der Waals surface area contributed by atoms with Crippen LogP contribution in [0.1, 0.15) is 38.5 Å². The van der Waals surface area contributed by atoms with Crippen molar-refractivity contribution in [3.8, 4) is 0 Å². The van der Waals surface area contributed by atoms with Gasteiger partial charge in [-0.2, -0.15) is 0 Å². The SMILES string of the molecule is NCCN(C(=O)C1CCCO1)C1CCCC1. The third-order valence-electron chi connectivity index (χ3n) is 3.62. The number of carbonyl (C=O) groups excluding carboxylic acids is 1. The molecule has 1 amide bonds. The highest BCUT2D eigenvalue weighted by Crippen LogP contribution is 2.25. The molecule has 16 heavy (non-hydrogen) atoms. The fourth-order valence-electron chi connectivity index (χ4n) is 2.79. The van der Waals surface area contributed by atoms with E-state index in [1.165, 1.54) is 12.8 Å². The summed E-state index contributed by atoms with van der Waals surface area (Å²) < 4.78 is 5.47. The summed E-state index contributed by atoms with van der Waals surface area (Å²) >= 11 is 0. The Bertz CT molecular complexity index is 233. The van der Waals surface area contributed by atoms with E-state index in [1.807, 2.05) is 4.90 Å². The molecule has 1 aliphatic heterocycles. The van der Waals surface area contributed by atoms with Crippen molar-refractivity contribution in [2.24, 2.45) is 5.73 Å². The highest BCUT2D eigenvalue weighted by molar-refractivity contribution is 5.81. The minimum absolute atomic E-state index is 0.176. The van der Waals surface area contributed by atoms with Gasteiger partial charge in [-0.05, 0) is 25.7 Å². The van der Waals surface area contributed by atoms with Gasteiger partial charge < -0.3 is 15.4 Å². The van der Waals surface area contributed by atoms with Gasteiger partial charge in [-0.3, -0.25) is 4.79 Å². The summed E-state index contributed by atoms with van der Waals surface area (Å²) in [6, 6.07) is 0.417. The van der Waals surface area contributed by atoms with Gasteiger partial charge in [0.25, 0.3) is 5.91 Å². The van der Waals surface area contributed by atoms with E-state index < -0.39 is 0 Å². The standard InChI is InChI=1S/C12H22N2O2/c13-7-8-14(10-4-1-2-5-10)12(15)11-6-3-9-16-11/h10-11H,1-9,13H2. The maximum atomic E-state index is 12.3. The molecule has 4 heteroatoms. The number of nitrogens with zero attached hydrogens (tertiary/aromatic N) is 1. The zero-order valence-electron chi connectivity index (χ0n) is 9.86. The lowest BCUT2D eigenvalue weighted by Gasteiger charge is -2.30. The molecule has 0 aromatic carbocycles. The molecule has 1 saturated heterocycles. The Morgan fingerprint density at radius 2 is 2.00 bits per heavy atom. The predicted molar refractivity (Wildman–Crippen MR) is 62.0 cm³/mol. The van der Waals surface area contributed by atoms with Crippen molar-refractivity contribution in [2.45, 2.75) is 50.7 Å². The van der Waals surface area contributed by atoms with Gasteiger partial charge in [0.05, 0.1) is 0 Å². The largest absolute Gasteiger partial charge is 0.368 e. The lowest BCUT2D eigenvalue weighted by atomic mass is 10.1. The Hall–Kier alpha value is -0.610. The van der Waals surface area contributed by atoms with E-state index in [4.69, 9.17) is 10.5 Å². The van der Waals surface area contributed by atoms with E-state index >= 15 is 0 Å². The average molecular weight is 226 g/mol. The molecule has 2 fully saturated rings. The molecular formula is C12H22N2O2. The molecule has 1 unspecified atom stereocenters. The van der Waals surface area contributed by atoms with Gasteiger partial charge >= 0.3 is 0 Å². The zero-order valence-corrected chi connectivity index (χ0v) is 9.86. The van der Waals surface area contributed by atoms with E-state index in [9.17, 15) is 4.79 Å². The lowest BCUT2D eigenvalue weighted by molar-refractivity contribution is -0.143. The molecule has 2 aliphatic rings. The second-order valence-corrected chi connectivity index (χ2v) is 4.76. The summed E-state index contributed by atoms with van der Waals surface area (Å²) in [6.07, 6.45) is 6.46. The van der Waals surface area contributed by atoms with Gasteiger partial charge in [-0.25, -0.2) is 0 Å². The van der Waals surface area contributed by atoms with Crippen LogP contribution in [-0.4, -0.2) is 42.6 Å². The molecule has 2 rings (SSSR count). The van der Waals surface area contributed by atoms with Crippen molar-refractivity contribution in [3.05, 3.63) is 0 Å². The van der Waals surface area contributed by atoms with Crippen LogP contribution in [0.15, 0.2) is 0 Å². The smallest absolute Gasteiger partial charge is 0.251 e. The summed E-state index contributed by atoms with van der Waals surface area (Å²) in [6.45, 7) is 1.97. The molecule has 0 aromatic rings. The van der Waals surface area contributed by atoms with E-state index in [1.54, 1.807) is 0 Å². The van der Waals surface area contributed by atoms with Crippen LogP contribution in [0, 0.1) is 0 Å². The van der Waals surface area contributed by atoms with Gasteiger partial charge in [0.15, 0.2) is 0 Å². The molecule has 1 atom stereocenters. The van der Waals surface area contributed by atoms with Gasteiger partial charge in [0, 0.05) is 25.7 Å². The van der Waals surface area contributed by atoms with Crippen molar-refractivity contribution >= 4 is 5.91 Å². The normalized spacial score (nSPS) is 26.2. The molecule has 92 valence electrons. The first-order chi connectivity index (χ1) is 7.83. The van der Waals surface area contributed by atoms with Crippen LogP contribution < -0.4 is 5.73 Å². The Labute approximate surface area is 97.1 Å². The summed E-state index contributed by atoms with van der Waals surface area (Å²) in [5.74, 6) is 0.176. The molecule has 0 radical (unpaired) electrons. The fraction of sp³-hybridized carbons (Fsp3) is 0.917. The van der Waals surface area contributed by atoms with Crippen LogP contribution in [0.3, 0.4) is 0 Å². The van der Waals surface area contributed by atoms with Gasteiger partial charge in [-0.15, -0.1) is 0 Å². The van der Waals surface area contributed by atoms with Gasteiger partial charge in [0.2, 0.25) is 0 Å². The number of hydrogen-bond acceptors (Lipinski definition) is 3. The third kappa shape index (κ3) is 2.55. The quantitative estimate of drug-likeness (QED) is 0.774. The van der Waals surface area contributed by atoms with Crippen LogP contribution in [0.5, 0.6) is 0 Å². The van der Waals surface area contributed by atoms with Crippen molar-refractivity contribution in [1.29, 1.82) is 0 Å². The summed E-state index contributed by atoms with van der Waals surface area (Å²) in [5.41, 5.74) is 5.60. The number of carbonyl (C=O) groups is 1. The average Bonchev–Trinajstić information content (AvgIpc) is 2.96. The Morgan fingerprint density at radius 3 is 2.56 bits per heavy atom. The number of hydrogen-bond donors (Lipinski definition) is 1. The summed E-state index contributed by atoms with van der Waals surface area (Å²) in [4.78, 5) is 14.2. The van der Waals surface area contributed by atoms with E-state index in [0.29, 0.717) is 19.1 Å². The van der Waals surface area contributed by atoms with Crippen molar-refractivity contribution in [3.63, 3.8) is 0 Å². The second-order valence-electron chi connectivity index (χ2n) is 4.76. The molecule has 0 bridgehead atoms. The Kier molecular flexibility index (Phi) is 4.18. The van der Waals surface area contributed by atoms with E-state index in [0.717, 1.165) is 32.3 Å². The van der Waals surface area contributed by atoms with Crippen LogP contribution in [0.25, 0.3) is 0 Å². The maximum absolute atomic E-state index is 12.3. The Morgan fingerprint density at radius 1 is 1.25 bits per heavy atom. The third-order valence-corrected chi connectivity index (χ3v) is 3.62. The van der Waals surface area contributed by atoms with Gasteiger partial charge in [0.1, 0.15) is 6.10 Å². The molecule has 2 N–H and O–H groups in total. The van der Waals surface area contributed by atoms with E-state index in [2.05, 4.69) is 0 Å². The predicted octanol–water partition coefficient (Wildman–Crippen LogP) is 0.895. The van der Waals surface area contributed by atoms with Crippen molar-refractivity contribution < 1.29 is 9.53 Å². The number of rotatable bonds is 4. The molecule has 0 aromatic heterocycles. The van der Waals surface area contributed by atoms with Crippen LogP contribution in [0.4, 0.5) is 0 Å². The van der Waals surface area contributed by atoms with Crippen LogP contribution in [0.2, 0.25) is 0 Å². The molecule has 0 spiro atoms. The summed E-state index contributed by atoms with van der Waals surface area (Å²) in [5, 5.41) is 0. The molecule has 1 heterocycles. The minimum atomic E-state index is -0.188. The maximum Gasteiger partial charge on any atom is 0.251 e. The summed E-state index contributed by atoms with van der Waals surface area (Å²) in [7, 11) is 0. The number of nitrogens with two attached hydrogens (primary N) is 1. The van der Waals surface area contributed by atoms with E-state index in [-0.39, 0.29) is 12.0 Å². The van der Waals surface area contributed by atoms with Crippen LogP contribution in [-0.2, 0) is 9.53 Å². The number of amides is 1. The second kappa shape index (κ2) is 5.64. The highest BCUT2D eigenvalue weighted by Gasteiger charge is 2.32. The zero-order chi connectivity index (χ0) is 11.4. The Balaban J connectivity index is 1.96. The van der Waals surface area contributed by atoms with Crippen molar-refractivity contribution in [2.75, 3.05) is 19.7 Å². The van der Waals surface area contributed by atoms with Crippen molar-refractivity contribution in [1.82, 2.24) is 4.90 Å². The lowest BCUT2D eigenvalue weighted by Crippen LogP contribution is -2.46. The van der Waals surface area contributed by atoms with Gasteiger partial charge in [-0.1, -0.05) is 12.8 Å². The highest BCUT2D eigenvalue weighted by atomic mass is 16.5. The first-order valence-corrected chi connectivity index (χ1v) is 6.45. The monoisotopic (exact) mass is 226 g/mol. The molecule has 1 aliphatic carbocycles. The number of ether oxygens (including phenoxy) is 1. The molecule has 1 saturated carbocycles. The van der Waals surface area contributed by atoms with Crippen LogP contribution >= 0.6 is 0 Å². The first-order valence-electron chi connectivity index (χ1n) is 6.45. The first kappa shape index (κ1) is 11.9.